The number of aromatic nitrogens is 2. The van der Waals surface area contributed by atoms with Crippen molar-refractivity contribution in [2.45, 2.75) is 38.1 Å². The molecule has 2 aliphatic heterocycles. The van der Waals surface area contributed by atoms with Crippen LogP contribution in [0.5, 0.6) is 0 Å². The number of nitrogens with one attached hydrogen (secondary N) is 1. The van der Waals surface area contributed by atoms with Gasteiger partial charge in [-0.2, -0.15) is 0 Å². The predicted molar refractivity (Wildman–Crippen MR) is 127 cm³/mol. The van der Waals surface area contributed by atoms with Crippen molar-refractivity contribution in [2.24, 2.45) is 0 Å². The van der Waals surface area contributed by atoms with Crippen LogP contribution in [0.3, 0.4) is 0 Å². The molecule has 0 aliphatic carbocycles. The van der Waals surface area contributed by atoms with E-state index in [1.807, 2.05) is 12.1 Å². The SMILES string of the molecule is C1CCNC1.COC(=O)c1cccc(CCl)n1.COC(=O)c1cccc(CN2CCCC2)n1. The molecule has 0 aromatic carbocycles. The molecule has 2 aromatic heterocycles. The van der Waals surface area contributed by atoms with Crippen molar-refractivity contribution in [3.05, 3.63) is 59.2 Å². The number of ether oxygens (including phenoxy) is 2. The number of carbonyl (C=O) groups excluding carboxylic acids is 2. The topological polar surface area (TPSA) is 93.7 Å². The summed E-state index contributed by atoms with van der Waals surface area (Å²) in [5.74, 6) is -0.518. The van der Waals surface area contributed by atoms with Crippen LogP contribution in [0.25, 0.3) is 0 Å². The van der Waals surface area contributed by atoms with Gasteiger partial charge in [0, 0.05) is 6.54 Å². The lowest BCUT2D eigenvalue weighted by Gasteiger charge is -2.13. The third kappa shape index (κ3) is 9.86. The highest BCUT2D eigenvalue weighted by Crippen LogP contribution is 2.11. The van der Waals surface area contributed by atoms with Gasteiger partial charge in [0.25, 0.3) is 0 Å². The number of hydrogen-bond acceptors (Lipinski definition) is 8. The molecular weight excluding hydrogens is 444 g/mol. The molecule has 2 saturated heterocycles. The minimum absolute atomic E-state index is 0.288. The summed E-state index contributed by atoms with van der Waals surface area (Å²) < 4.78 is 9.14. The van der Waals surface area contributed by atoms with Crippen molar-refractivity contribution in [1.29, 1.82) is 0 Å². The maximum Gasteiger partial charge on any atom is 0.356 e. The Balaban J connectivity index is 0.000000198. The molecule has 0 saturated carbocycles. The van der Waals surface area contributed by atoms with Gasteiger partial charge >= 0.3 is 11.9 Å². The first-order valence-corrected chi connectivity index (χ1v) is 11.7. The van der Waals surface area contributed by atoms with E-state index in [9.17, 15) is 9.59 Å². The van der Waals surface area contributed by atoms with E-state index >= 15 is 0 Å². The molecule has 0 amide bonds. The van der Waals surface area contributed by atoms with Crippen molar-refractivity contribution in [3.8, 4) is 0 Å². The molecule has 180 valence electrons. The first kappa shape index (κ1) is 26.7. The normalized spacial score (nSPS) is 15.0. The molecule has 1 N–H and O–H groups in total. The lowest BCUT2D eigenvalue weighted by Crippen LogP contribution is -2.19. The summed E-state index contributed by atoms with van der Waals surface area (Å²) in [6.45, 7) is 5.58. The summed E-state index contributed by atoms with van der Waals surface area (Å²) in [6, 6.07) is 10.5. The maximum atomic E-state index is 11.3. The molecule has 0 atom stereocenters. The van der Waals surface area contributed by atoms with Gasteiger partial charge in [0.1, 0.15) is 11.4 Å². The van der Waals surface area contributed by atoms with E-state index < -0.39 is 5.97 Å². The Morgan fingerprint density at radius 1 is 0.879 bits per heavy atom. The van der Waals surface area contributed by atoms with Gasteiger partial charge in [0.15, 0.2) is 0 Å². The lowest BCUT2D eigenvalue weighted by atomic mass is 10.3. The lowest BCUT2D eigenvalue weighted by molar-refractivity contribution is 0.0585. The minimum atomic E-state index is -0.443. The third-order valence-electron chi connectivity index (χ3n) is 5.08. The highest BCUT2D eigenvalue weighted by Gasteiger charge is 2.14. The highest BCUT2D eigenvalue weighted by atomic mass is 35.5. The molecule has 4 heterocycles. The Kier molecular flexibility index (Phi) is 12.4. The maximum absolute atomic E-state index is 11.3. The van der Waals surface area contributed by atoms with Crippen LogP contribution in [-0.4, -0.2) is 67.2 Å². The first-order chi connectivity index (χ1) is 16.1. The van der Waals surface area contributed by atoms with E-state index in [1.165, 1.54) is 53.0 Å². The monoisotopic (exact) mass is 476 g/mol. The Hall–Kier alpha value is -2.55. The minimum Gasteiger partial charge on any atom is -0.464 e. The Morgan fingerprint density at radius 2 is 1.39 bits per heavy atom. The van der Waals surface area contributed by atoms with E-state index in [2.05, 4.69) is 29.7 Å². The summed E-state index contributed by atoms with van der Waals surface area (Å²) >= 11 is 5.53. The fourth-order valence-corrected chi connectivity index (χ4v) is 3.50. The van der Waals surface area contributed by atoms with Crippen LogP contribution in [0.15, 0.2) is 36.4 Å². The van der Waals surface area contributed by atoms with Crippen molar-refractivity contribution in [3.63, 3.8) is 0 Å². The van der Waals surface area contributed by atoms with Gasteiger partial charge < -0.3 is 14.8 Å². The molecular formula is C24H33ClN4O4. The zero-order chi connectivity index (χ0) is 23.9. The van der Waals surface area contributed by atoms with Crippen LogP contribution in [0.2, 0.25) is 0 Å². The van der Waals surface area contributed by atoms with Gasteiger partial charge in [-0.05, 0) is 76.1 Å². The van der Waals surface area contributed by atoms with Crippen LogP contribution >= 0.6 is 11.6 Å². The zero-order valence-electron chi connectivity index (χ0n) is 19.4. The van der Waals surface area contributed by atoms with Crippen LogP contribution in [-0.2, 0) is 21.9 Å². The second kappa shape index (κ2) is 15.3. The molecule has 33 heavy (non-hydrogen) atoms. The fourth-order valence-electron chi connectivity index (χ4n) is 3.35. The molecule has 2 aliphatic rings. The molecule has 0 radical (unpaired) electrons. The van der Waals surface area contributed by atoms with Crippen molar-refractivity contribution in [2.75, 3.05) is 40.4 Å². The van der Waals surface area contributed by atoms with Gasteiger partial charge in [-0.1, -0.05) is 12.1 Å². The largest absolute Gasteiger partial charge is 0.464 e. The van der Waals surface area contributed by atoms with Gasteiger partial charge in [-0.25, -0.2) is 19.6 Å². The van der Waals surface area contributed by atoms with Gasteiger partial charge in [-0.15, -0.1) is 11.6 Å². The second-order valence-electron chi connectivity index (χ2n) is 7.59. The van der Waals surface area contributed by atoms with Crippen molar-refractivity contribution in [1.82, 2.24) is 20.2 Å². The smallest absolute Gasteiger partial charge is 0.356 e. The molecule has 9 heteroatoms. The van der Waals surface area contributed by atoms with Crippen molar-refractivity contribution < 1.29 is 19.1 Å². The van der Waals surface area contributed by atoms with Gasteiger partial charge in [-0.3, -0.25) is 4.90 Å². The van der Waals surface area contributed by atoms with E-state index in [4.69, 9.17) is 11.6 Å². The number of rotatable bonds is 5. The number of esters is 2. The average molecular weight is 477 g/mol. The van der Waals surface area contributed by atoms with Crippen LogP contribution in [0.4, 0.5) is 0 Å². The van der Waals surface area contributed by atoms with Gasteiger partial charge in [0.2, 0.25) is 0 Å². The number of carbonyl (C=O) groups is 2. The Labute approximate surface area is 200 Å². The third-order valence-corrected chi connectivity index (χ3v) is 5.35. The Morgan fingerprint density at radius 3 is 1.85 bits per heavy atom. The highest BCUT2D eigenvalue weighted by molar-refractivity contribution is 6.16. The van der Waals surface area contributed by atoms with E-state index in [1.54, 1.807) is 24.3 Å². The number of halogens is 1. The van der Waals surface area contributed by atoms with E-state index in [0.29, 0.717) is 17.3 Å². The number of hydrogen-bond donors (Lipinski definition) is 1. The second-order valence-corrected chi connectivity index (χ2v) is 7.85. The quantitative estimate of drug-likeness (QED) is 0.518. The summed E-state index contributed by atoms with van der Waals surface area (Å²) in [7, 11) is 2.69. The number of pyridine rings is 2. The number of methoxy groups -OCH3 is 2. The van der Waals surface area contributed by atoms with Crippen LogP contribution in [0.1, 0.15) is 58.0 Å². The van der Waals surface area contributed by atoms with E-state index in [0.717, 1.165) is 25.3 Å². The predicted octanol–water partition coefficient (Wildman–Crippen LogP) is 3.44. The summed E-state index contributed by atoms with van der Waals surface area (Å²) in [5.41, 5.74) is 2.28. The van der Waals surface area contributed by atoms with Crippen LogP contribution < -0.4 is 5.32 Å². The number of nitrogens with zero attached hydrogens (tertiary/aromatic N) is 3. The van der Waals surface area contributed by atoms with E-state index in [-0.39, 0.29) is 11.7 Å². The summed E-state index contributed by atoms with van der Waals surface area (Å²) in [4.78, 5) is 32.9. The van der Waals surface area contributed by atoms with Crippen molar-refractivity contribution >= 4 is 23.5 Å². The number of likely N-dealkylation sites (tertiary alicyclic amines) is 1. The van der Waals surface area contributed by atoms with Gasteiger partial charge in [0.05, 0.1) is 31.5 Å². The molecule has 4 rings (SSSR count). The molecule has 2 aromatic rings. The fraction of sp³-hybridized carbons (Fsp3) is 0.500. The molecule has 8 nitrogen and oxygen atoms in total. The summed E-state index contributed by atoms with van der Waals surface area (Å²) in [5, 5.41) is 3.22. The average Bonchev–Trinajstić information content (AvgIpc) is 3.61. The Bertz CT molecular complexity index is 863. The molecule has 0 unspecified atom stereocenters. The van der Waals surface area contributed by atoms with Crippen LogP contribution in [0, 0.1) is 0 Å². The zero-order valence-corrected chi connectivity index (χ0v) is 20.1. The molecule has 2 fully saturated rings. The standard InChI is InChI=1S/C12H16N2O2.C8H8ClNO2.C4H9N/c1-16-12(15)11-6-4-5-10(13-11)9-14-7-2-3-8-14;1-12-8(11)7-4-2-3-6(5-9)10-7;1-2-4-5-3-1/h4-6H,2-3,7-9H2,1H3;2-4H,5H2,1H3;5H,1-4H2. The number of alkyl halides is 1. The first-order valence-electron chi connectivity index (χ1n) is 11.1. The molecule has 0 bridgehead atoms. The summed E-state index contributed by atoms with van der Waals surface area (Å²) in [6.07, 6.45) is 5.30. The molecule has 0 spiro atoms.